The lowest BCUT2D eigenvalue weighted by molar-refractivity contribution is -0.146. The van der Waals surface area contributed by atoms with Crippen LogP contribution in [0.4, 0.5) is 0 Å². The van der Waals surface area contributed by atoms with Crippen LogP contribution in [0, 0.1) is 5.92 Å². The fraction of sp³-hybridized carbons (Fsp3) is 0.600. The van der Waals surface area contributed by atoms with Gasteiger partial charge in [0, 0.05) is 19.6 Å². The molecule has 1 aliphatic heterocycles. The summed E-state index contributed by atoms with van der Waals surface area (Å²) < 4.78 is 15.8. The van der Waals surface area contributed by atoms with E-state index < -0.39 is 0 Å². The van der Waals surface area contributed by atoms with E-state index in [0.29, 0.717) is 29.7 Å². The zero-order valence-corrected chi connectivity index (χ0v) is 20.6. The molecule has 0 aliphatic carbocycles. The Morgan fingerprint density at radius 2 is 1.97 bits per heavy atom. The van der Waals surface area contributed by atoms with E-state index in [-0.39, 0.29) is 35.9 Å². The van der Waals surface area contributed by atoms with E-state index in [1.807, 2.05) is 26.0 Å². The van der Waals surface area contributed by atoms with Crippen molar-refractivity contribution in [3.8, 4) is 11.5 Å². The summed E-state index contributed by atoms with van der Waals surface area (Å²) in [7, 11) is 3.03. The minimum atomic E-state index is -0.127. The number of carbonyl (C=O) groups excluding carboxylic acids is 1. The highest BCUT2D eigenvalue weighted by Crippen LogP contribution is 2.36. The average molecular weight is 540 g/mol. The number of carbonyl (C=O) groups is 1. The number of likely N-dealkylation sites (tertiary alicyclic amines) is 1. The van der Waals surface area contributed by atoms with Crippen molar-refractivity contribution in [3.05, 3.63) is 22.7 Å². The topological polar surface area (TPSA) is 72.4 Å². The summed E-state index contributed by atoms with van der Waals surface area (Å²) in [5, 5.41) is 3.84. The molecule has 0 radical (unpaired) electrons. The van der Waals surface area contributed by atoms with E-state index in [1.54, 1.807) is 7.11 Å². The summed E-state index contributed by atoms with van der Waals surface area (Å²) in [6, 6.07) is 3.75. The Morgan fingerprint density at radius 1 is 1.28 bits per heavy atom. The van der Waals surface area contributed by atoms with Crippen molar-refractivity contribution in [1.82, 2.24) is 10.2 Å². The predicted molar refractivity (Wildman–Crippen MR) is 126 cm³/mol. The van der Waals surface area contributed by atoms with E-state index in [2.05, 4.69) is 10.2 Å². The third-order valence-electron chi connectivity index (χ3n) is 4.65. The van der Waals surface area contributed by atoms with Crippen LogP contribution in [-0.2, 0) is 16.1 Å². The maximum atomic E-state index is 11.7. The smallest absolute Gasteiger partial charge is 0.308 e. The van der Waals surface area contributed by atoms with Crippen LogP contribution in [0.3, 0.4) is 0 Å². The van der Waals surface area contributed by atoms with Gasteiger partial charge < -0.3 is 24.4 Å². The molecule has 1 aliphatic rings. The number of esters is 1. The van der Waals surface area contributed by atoms with Crippen LogP contribution < -0.4 is 14.8 Å². The summed E-state index contributed by atoms with van der Waals surface area (Å²) in [6.45, 7) is 7.20. The number of piperidine rings is 1. The molecule has 0 spiro atoms. The summed E-state index contributed by atoms with van der Waals surface area (Å²) in [4.78, 5) is 18.7. The normalized spacial score (nSPS) is 14.8. The Balaban J connectivity index is 0.00000420. The fourth-order valence-corrected chi connectivity index (χ4v) is 3.52. The first kappa shape index (κ1) is 25.6. The minimum absolute atomic E-state index is 0. The molecule has 0 amide bonds. The van der Waals surface area contributed by atoms with Gasteiger partial charge in [-0.25, -0.2) is 4.99 Å². The third-order valence-corrected chi connectivity index (χ3v) is 4.93. The Labute approximate surface area is 195 Å². The highest BCUT2D eigenvalue weighted by Gasteiger charge is 2.27. The second-order valence-electron chi connectivity index (χ2n) is 6.50. The number of hydrogen-bond acceptors (Lipinski definition) is 5. The van der Waals surface area contributed by atoms with Crippen molar-refractivity contribution in [2.24, 2.45) is 10.9 Å². The molecule has 29 heavy (non-hydrogen) atoms. The van der Waals surface area contributed by atoms with E-state index in [4.69, 9.17) is 30.8 Å². The van der Waals surface area contributed by atoms with Gasteiger partial charge in [0.25, 0.3) is 0 Å². The number of halogens is 2. The number of nitrogens with one attached hydrogen (secondary N) is 1. The summed E-state index contributed by atoms with van der Waals surface area (Å²) in [6.07, 6.45) is 1.53. The van der Waals surface area contributed by atoms with Gasteiger partial charge in [0.1, 0.15) is 0 Å². The molecule has 1 N–H and O–H groups in total. The first-order valence-corrected chi connectivity index (χ1v) is 10.0. The predicted octanol–water partition coefficient (Wildman–Crippen LogP) is 3.72. The minimum Gasteiger partial charge on any atom is -0.493 e. The zero-order valence-electron chi connectivity index (χ0n) is 17.5. The molecule has 0 aromatic heterocycles. The monoisotopic (exact) mass is 539 g/mol. The second-order valence-corrected chi connectivity index (χ2v) is 6.90. The molecule has 2 rings (SSSR count). The van der Waals surface area contributed by atoms with Crippen LogP contribution in [0.15, 0.2) is 17.1 Å². The van der Waals surface area contributed by atoms with Crippen molar-refractivity contribution >= 4 is 47.5 Å². The molecule has 0 bridgehead atoms. The molecule has 0 unspecified atom stereocenters. The fourth-order valence-electron chi connectivity index (χ4n) is 3.23. The van der Waals surface area contributed by atoms with Crippen LogP contribution in [-0.4, -0.2) is 57.3 Å². The van der Waals surface area contributed by atoms with Gasteiger partial charge in [-0.3, -0.25) is 4.79 Å². The quantitative estimate of drug-likeness (QED) is 0.247. The first-order valence-electron chi connectivity index (χ1n) is 9.64. The van der Waals surface area contributed by atoms with Crippen molar-refractivity contribution in [1.29, 1.82) is 0 Å². The third kappa shape index (κ3) is 7.09. The molecule has 0 atom stereocenters. The summed E-state index contributed by atoms with van der Waals surface area (Å²) >= 11 is 6.35. The maximum absolute atomic E-state index is 11.7. The van der Waals surface area contributed by atoms with Gasteiger partial charge in [0.15, 0.2) is 17.5 Å². The maximum Gasteiger partial charge on any atom is 0.308 e. The molecule has 164 valence electrons. The van der Waals surface area contributed by atoms with Gasteiger partial charge in [0.2, 0.25) is 0 Å². The number of benzene rings is 1. The van der Waals surface area contributed by atoms with Crippen molar-refractivity contribution < 1.29 is 19.0 Å². The van der Waals surface area contributed by atoms with E-state index in [9.17, 15) is 4.79 Å². The van der Waals surface area contributed by atoms with Gasteiger partial charge in [-0.2, -0.15) is 0 Å². The van der Waals surface area contributed by atoms with E-state index >= 15 is 0 Å². The molecular formula is C20H31ClIN3O4. The molecule has 1 aromatic rings. The van der Waals surface area contributed by atoms with Gasteiger partial charge in [-0.1, -0.05) is 11.6 Å². The Kier molecular flexibility index (Phi) is 11.5. The molecule has 1 fully saturated rings. The number of guanidine groups is 1. The second kappa shape index (κ2) is 13.0. The Hall–Kier alpha value is -1.42. The highest BCUT2D eigenvalue weighted by molar-refractivity contribution is 14.0. The van der Waals surface area contributed by atoms with Gasteiger partial charge >= 0.3 is 5.97 Å². The van der Waals surface area contributed by atoms with Crippen LogP contribution in [0.5, 0.6) is 11.5 Å². The number of aliphatic imine (C=N–C) groups is 1. The van der Waals surface area contributed by atoms with Crippen LogP contribution in [0.1, 0.15) is 32.3 Å². The van der Waals surface area contributed by atoms with E-state index in [0.717, 1.165) is 44.0 Å². The molecule has 1 heterocycles. The SMILES string of the molecule is CCNC(=NCc1cc(Cl)c(OCC)c(OC)c1)N1CCC(C(=O)OC)CC1.I. The lowest BCUT2D eigenvalue weighted by Gasteiger charge is -2.33. The lowest BCUT2D eigenvalue weighted by atomic mass is 9.97. The number of methoxy groups -OCH3 is 2. The van der Waals surface area contributed by atoms with Crippen LogP contribution >= 0.6 is 35.6 Å². The largest absolute Gasteiger partial charge is 0.493 e. The summed E-state index contributed by atoms with van der Waals surface area (Å²) in [5.41, 5.74) is 0.935. The average Bonchev–Trinajstić information content (AvgIpc) is 2.72. The van der Waals surface area contributed by atoms with Gasteiger partial charge in [-0.15, -0.1) is 24.0 Å². The zero-order chi connectivity index (χ0) is 20.5. The molecule has 9 heteroatoms. The number of hydrogen-bond donors (Lipinski definition) is 1. The number of nitrogens with zero attached hydrogens (tertiary/aromatic N) is 2. The molecule has 1 saturated heterocycles. The van der Waals surface area contributed by atoms with Gasteiger partial charge in [-0.05, 0) is 44.4 Å². The van der Waals surface area contributed by atoms with E-state index in [1.165, 1.54) is 7.11 Å². The number of rotatable bonds is 7. The van der Waals surface area contributed by atoms with Gasteiger partial charge in [0.05, 0.1) is 38.3 Å². The highest BCUT2D eigenvalue weighted by atomic mass is 127. The Morgan fingerprint density at radius 3 is 2.52 bits per heavy atom. The van der Waals surface area contributed by atoms with Crippen LogP contribution in [0.2, 0.25) is 5.02 Å². The first-order chi connectivity index (χ1) is 13.5. The summed E-state index contributed by atoms with van der Waals surface area (Å²) in [5.74, 6) is 1.82. The number of ether oxygens (including phenoxy) is 3. The molecular weight excluding hydrogens is 509 g/mol. The Bertz CT molecular complexity index is 695. The van der Waals surface area contributed by atoms with Crippen molar-refractivity contribution in [2.75, 3.05) is 40.5 Å². The molecule has 1 aromatic carbocycles. The molecule has 0 saturated carbocycles. The van der Waals surface area contributed by atoms with Crippen LogP contribution in [0.25, 0.3) is 0 Å². The van der Waals surface area contributed by atoms with Crippen molar-refractivity contribution in [2.45, 2.75) is 33.2 Å². The van der Waals surface area contributed by atoms with Crippen molar-refractivity contribution in [3.63, 3.8) is 0 Å². The standard InChI is InChI=1S/C20H30ClN3O4.HI/c1-5-22-20(24-9-7-15(8-10-24)19(25)27-4)23-13-14-11-16(21)18(28-6-2)17(12-14)26-3;/h11-12,15H,5-10,13H2,1-4H3,(H,22,23);1H. The lowest BCUT2D eigenvalue weighted by Crippen LogP contribution is -2.46. The molecule has 7 nitrogen and oxygen atoms in total.